The number of nitrogens with one attached hydrogen (secondary N) is 1. The van der Waals surface area contributed by atoms with Crippen LogP contribution < -0.4 is 11.1 Å². The molecule has 0 saturated carbocycles. The second-order valence-corrected chi connectivity index (χ2v) is 6.77. The lowest BCUT2D eigenvalue weighted by molar-refractivity contribution is -0.122. The summed E-state index contributed by atoms with van der Waals surface area (Å²) in [5.41, 5.74) is 5.98. The normalized spacial score (nSPS) is 21.9. The second-order valence-electron chi connectivity index (χ2n) is 4.54. The molecule has 18 heavy (non-hydrogen) atoms. The molecule has 1 aromatic heterocycles. The van der Waals surface area contributed by atoms with Crippen molar-refractivity contribution in [2.24, 2.45) is 5.92 Å². The summed E-state index contributed by atoms with van der Waals surface area (Å²) in [5.74, 6) is 0.231. The van der Waals surface area contributed by atoms with Gasteiger partial charge in [0.15, 0.2) is 9.84 Å². The van der Waals surface area contributed by atoms with Gasteiger partial charge in [-0.2, -0.15) is 5.10 Å². The lowest BCUT2D eigenvalue weighted by Crippen LogP contribution is -2.32. The SMILES string of the molecule is Nc1cnn(CC(=O)NCC2CCS(=O)(=O)C2)c1. The standard InChI is InChI=1S/C10H16N4O3S/c11-9-4-13-14(5-9)6-10(15)12-3-8-1-2-18(16,17)7-8/h4-5,8H,1-3,6-7,11H2,(H,12,15). The summed E-state index contributed by atoms with van der Waals surface area (Å²) in [5, 5.41) is 6.61. The molecule has 0 radical (unpaired) electrons. The number of nitrogen functional groups attached to an aromatic ring is 1. The summed E-state index contributed by atoms with van der Waals surface area (Å²) in [7, 11) is -2.88. The van der Waals surface area contributed by atoms with E-state index in [2.05, 4.69) is 10.4 Å². The van der Waals surface area contributed by atoms with Crippen LogP contribution in [0.1, 0.15) is 6.42 Å². The van der Waals surface area contributed by atoms with Gasteiger partial charge in [-0.25, -0.2) is 8.42 Å². The van der Waals surface area contributed by atoms with Crippen molar-refractivity contribution in [2.45, 2.75) is 13.0 Å². The second kappa shape index (κ2) is 4.97. The molecule has 1 saturated heterocycles. The number of rotatable bonds is 4. The Morgan fingerprint density at radius 1 is 1.61 bits per heavy atom. The van der Waals surface area contributed by atoms with E-state index < -0.39 is 9.84 Å². The van der Waals surface area contributed by atoms with Crippen LogP contribution in [0.3, 0.4) is 0 Å². The Morgan fingerprint density at radius 3 is 2.94 bits per heavy atom. The minimum atomic E-state index is -2.88. The van der Waals surface area contributed by atoms with Gasteiger partial charge in [0.1, 0.15) is 6.54 Å². The van der Waals surface area contributed by atoms with Gasteiger partial charge in [0.05, 0.1) is 23.4 Å². The third kappa shape index (κ3) is 3.46. The monoisotopic (exact) mass is 272 g/mol. The van der Waals surface area contributed by atoms with Crippen LogP contribution >= 0.6 is 0 Å². The molecule has 1 fully saturated rings. The van der Waals surface area contributed by atoms with Crippen LogP contribution in [0, 0.1) is 5.92 Å². The highest BCUT2D eigenvalue weighted by atomic mass is 32.2. The minimum absolute atomic E-state index is 0.0293. The van der Waals surface area contributed by atoms with Gasteiger partial charge in [0.2, 0.25) is 5.91 Å². The number of sulfone groups is 1. The van der Waals surface area contributed by atoms with E-state index in [1.807, 2.05) is 0 Å². The number of carbonyl (C=O) groups excluding carboxylic acids is 1. The molecular weight excluding hydrogens is 256 g/mol. The Hall–Kier alpha value is -1.57. The van der Waals surface area contributed by atoms with E-state index in [1.54, 1.807) is 6.20 Å². The first kappa shape index (κ1) is 12.9. The summed E-state index contributed by atoms with van der Waals surface area (Å²) in [6, 6.07) is 0. The van der Waals surface area contributed by atoms with Crippen molar-refractivity contribution in [3.63, 3.8) is 0 Å². The molecule has 0 aromatic carbocycles. The maximum absolute atomic E-state index is 11.6. The van der Waals surface area contributed by atoms with Crippen molar-refractivity contribution in [1.82, 2.24) is 15.1 Å². The maximum atomic E-state index is 11.6. The van der Waals surface area contributed by atoms with Crippen molar-refractivity contribution >= 4 is 21.4 Å². The Labute approximate surface area is 105 Å². The molecule has 2 heterocycles. The number of hydrogen-bond acceptors (Lipinski definition) is 5. The number of amides is 1. The molecule has 3 N–H and O–H groups in total. The van der Waals surface area contributed by atoms with Gasteiger partial charge in [0.25, 0.3) is 0 Å². The summed E-state index contributed by atoms with van der Waals surface area (Å²) in [4.78, 5) is 11.6. The van der Waals surface area contributed by atoms with Crippen LogP contribution in [0.2, 0.25) is 0 Å². The van der Waals surface area contributed by atoms with Gasteiger partial charge >= 0.3 is 0 Å². The van der Waals surface area contributed by atoms with Gasteiger partial charge in [-0.05, 0) is 12.3 Å². The van der Waals surface area contributed by atoms with E-state index in [-0.39, 0.29) is 29.9 Å². The fourth-order valence-corrected chi connectivity index (χ4v) is 3.82. The molecule has 0 aliphatic carbocycles. The minimum Gasteiger partial charge on any atom is -0.396 e. The zero-order valence-corrected chi connectivity index (χ0v) is 10.7. The molecule has 8 heteroatoms. The van der Waals surface area contributed by atoms with Crippen LogP contribution in [0.15, 0.2) is 12.4 Å². The largest absolute Gasteiger partial charge is 0.396 e. The van der Waals surface area contributed by atoms with Crippen molar-refractivity contribution < 1.29 is 13.2 Å². The zero-order valence-electron chi connectivity index (χ0n) is 9.87. The van der Waals surface area contributed by atoms with Crippen molar-refractivity contribution in [3.8, 4) is 0 Å². The molecule has 100 valence electrons. The fourth-order valence-electron chi connectivity index (χ4n) is 1.96. The van der Waals surface area contributed by atoms with E-state index in [4.69, 9.17) is 5.73 Å². The van der Waals surface area contributed by atoms with E-state index >= 15 is 0 Å². The number of aromatic nitrogens is 2. The highest BCUT2D eigenvalue weighted by Gasteiger charge is 2.27. The first-order valence-electron chi connectivity index (χ1n) is 5.70. The summed E-state index contributed by atoms with van der Waals surface area (Å²) in [6.07, 6.45) is 3.66. The summed E-state index contributed by atoms with van der Waals surface area (Å²) >= 11 is 0. The van der Waals surface area contributed by atoms with Crippen LogP contribution in [0.25, 0.3) is 0 Å². The van der Waals surface area contributed by atoms with Crippen LogP contribution in [-0.4, -0.2) is 42.2 Å². The van der Waals surface area contributed by atoms with Crippen molar-refractivity contribution in [3.05, 3.63) is 12.4 Å². The lowest BCUT2D eigenvalue weighted by Gasteiger charge is -2.09. The van der Waals surface area contributed by atoms with Gasteiger partial charge in [0, 0.05) is 12.7 Å². The van der Waals surface area contributed by atoms with Crippen LogP contribution in [0.4, 0.5) is 5.69 Å². The van der Waals surface area contributed by atoms with Crippen molar-refractivity contribution in [1.29, 1.82) is 0 Å². The summed E-state index contributed by atoms with van der Waals surface area (Å²) in [6.45, 7) is 0.492. The van der Waals surface area contributed by atoms with Gasteiger partial charge in [-0.15, -0.1) is 0 Å². The highest BCUT2D eigenvalue weighted by Crippen LogP contribution is 2.17. The molecule has 1 aliphatic heterocycles. The predicted molar refractivity (Wildman–Crippen MR) is 66.4 cm³/mol. The van der Waals surface area contributed by atoms with E-state index in [0.29, 0.717) is 18.7 Å². The Morgan fingerprint density at radius 2 is 2.39 bits per heavy atom. The highest BCUT2D eigenvalue weighted by molar-refractivity contribution is 7.91. The third-order valence-electron chi connectivity index (χ3n) is 2.87. The first-order chi connectivity index (χ1) is 8.44. The Balaban J connectivity index is 1.76. The molecule has 7 nitrogen and oxygen atoms in total. The molecule has 1 aromatic rings. The molecule has 2 rings (SSSR count). The number of nitrogens with two attached hydrogens (primary N) is 1. The average molecular weight is 272 g/mol. The van der Waals surface area contributed by atoms with Crippen LogP contribution in [0.5, 0.6) is 0 Å². The van der Waals surface area contributed by atoms with E-state index in [0.717, 1.165) is 0 Å². The fraction of sp³-hybridized carbons (Fsp3) is 0.600. The summed E-state index contributed by atoms with van der Waals surface area (Å²) < 4.78 is 23.9. The molecule has 1 atom stereocenters. The average Bonchev–Trinajstić information content (AvgIpc) is 2.82. The number of anilines is 1. The van der Waals surface area contributed by atoms with Gasteiger partial charge in [-0.1, -0.05) is 0 Å². The Bertz CT molecular complexity index is 537. The van der Waals surface area contributed by atoms with Gasteiger partial charge in [-0.3, -0.25) is 9.48 Å². The topological polar surface area (TPSA) is 107 Å². The van der Waals surface area contributed by atoms with E-state index in [1.165, 1.54) is 10.9 Å². The molecular formula is C10H16N4O3S. The van der Waals surface area contributed by atoms with Crippen LogP contribution in [-0.2, 0) is 21.2 Å². The molecule has 1 unspecified atom stereocenters. The predicted octanol–water partition coefficient (Wildman–Crippen LogP) is -0.984. The third-order valence-corrected chi connectivity index (χ3v) is 4.71. The maximum Gasteiger partial charge on any atom is 0.241 e. The zero-order chi connectivity index (χ0) is 13.2. The number of hydrogen-bond donors (Lipinski definition) is 2. The number of carbonyl (C=O) groups is 1. The quantitative estimate of drug-likeness (QED) is 0.732. The first-order valence-corrected chi connectivity index (χ1v) is 7.52. The Kier molecular flexibility index (Phi) is 3.55. The van der Waals surface area contributed by atoms with Gasteiger partial charge < -0.3 is 11.1 Å². The molecule has 0 bridgehead atoms. The molecule has 1 amide bonds. The van der Waals surface area contributed by atoms with E-state index in [9.17, 15) is 13.2 Å². The molecule has 0 spiro atoms. The molecule has 1 aliphatic rings. The smallest absolute Gasteiger partial charge is 0.241 e. The lowest BCUT2D eigenvalue weighted by atomic mass is 10.1. The number of nitrogens with zero attached hydrogens (tertiary/aromatic N) is 2. The van der Waals surface area contributed by atoms with Crippen molar-refractivity contribution in [2.75, 3.05) is 23.8 Å².